The zero-order valence-electron chi connectivity index (χ0n) is 23.4. The second-order valence-corrected chi connectivity index (χ2v) is 12.4. The highest BCUT2D eigenvalue weighted by molar-refractivity contribution is 8.02. The molecule has 3 aliphatic rings. The number of likely N-dealkylation sites (tertiary alicyclic amines) is 1. The minimum absolute atomic E-state index is 0.0548. The molecule has 0 saturated carbocycles. The lowest BCUT2D eigenvalue weighted by Crippen LogP contribution is -2.58. The number of carbonyl (C=O) groups is 3. The number of aliphatic hydroxyl groups excluding tert-OH is 1. The number of β-amino-alcohol motifs (C(OH)–C–C–N with tert-alkyl or cyclic N) is 1. The first-order chi connectivity index (χ1) is 18.7. The van der Waals surface area contributed by atoms with Crippen LogP contribution >= 0.6 is 11.8 Å². The largest absolute Gasteiger partial charge is 0.494 e. The number of aliphatic hydroxyl groups is 1. The van der Waals surface area contributed by atoms with Crippen molar-refractivity contribution in [3.05, 3.63) is 49.6 Å². The average Bonchev–Trinajstić information content (AvgIpc) is 3.50. The molecule has 3 fully saturated rings. The second-order valence-electron chi connectivity index (χ2n) is 10.8. The Balaban J connectivity index is 1.75. The molecule has 1 aromatic carbocycles. The molecule has 3 saturated heterocycles. The first kappa shape index (κ1) is 29.2. The number of hydrogen-bond donors (Lipinski definition) is 1. The zero-order chi connectivity index (χ0) is 28.5. The number of amides is 3. The molecule has 3 aliphatic heterocycles. The molecule has 0 aliphatic carbocycles. The van der Waals surface area contributed by atoms with Crippen LogP contribution in [-0.2, 0) is 14.4 Å². The molecule has 3 unspecified atom stereocenters. The van der Waals surface area contributed by atoms with Gasteiger partial charge in [-0.15, -0.1) is 24.9 Å². The molecule has 3 heterocycles. The first-order valence-corrected chi connectivity index (χ1v) is 14.7. The van der Waals surface area contributed by atoms with Crippen molar-refractivity contribution in [3.8, 4) is 5.75 Å². The van der Waals surface area contributed by atoms with E-state index in [9.17, 15) is 19.5 Å². The third-order valence-electron chi connectivity index (χ3n) is 8.37. The highest BCUT2D eigenvalue weighted by Crippen LogP contribution is 2.69. The summed E-state index contributed by atoms with van der Waals surface area (Å²) in [5, 5.41) is 9.82. The molecule has 0 radical (unpaired) electrons. The summed E-state index contributed by atoms with van der Waals surface area (Å²) in [4.78, 5) is 47.6. The van der Waals surface area contributed by atoms with E-state index >= 15 is 0 Å². The SMILES string of the molecule is C=CCN(C(=O)[C@@H]1[C@@H]2CC(C)C3(S2)C(C(=O)N(CC=C)C(C)C)N(CCO)C(=O)[C@H]13)c1ccc(OCC)cc1. The molecule has 39 heavy (non-hydrogen) atoms. The summed E-state index contributed by atoms with van der Waals surface area (Å²) in [6.45, 7) is 16.6. The minimum Gasteiger partial charge on any atom is -0.494 e. The maximum absolute atomic E-state index is 14.3. The summed E-state index contributed by atoms with van der Waals surface area (Å²) in [6.07, 6.45) is 4.12. The standard InChI is InChI=1S/C30H41N3O5S/c1-7-14-31(19(4)5)29(37)26-30-20(6)18-23(39-30)24(25(30)28(36)33(26)16-17-34)27(35)32(15-8-2)21-10-12-22(13-11-21)38-9-3/h7-8,10-13,19-20,23-26,34H,1-2,9,14-18H2,3-6H3/t20?,23-,24+,25-,26?,30?/m0/s1. The molecular weight excluding hydrogens is 514 g/mol. The van der Waals surface area contributed by atoms with Crippen LogP contribution in [0.15, 0.2) is 49.6 Å². The van der Waals surface area contributed by atoms with Gasteiger partial charge in [-0.3, -0.25) is 14.4 Å². The van der Waals surface area contributed by atoms with Crippen LogP contribution in [0.2, 0.25) is 0 Å². The molecule has 6 atom stereocenters. The van der Waals surface area contributed by atoms with Gasteiger partial charge in [-0.1, -0.05) is 19.1 Å². The summed E-state index contributed by atoms with van der Waals surface area (Å²) in [5.74, 6) is -0.928. The normalized spacial score (nSPS) is 28.9. The lowest BCUT2D eigenvalue weighted by Gasteiger charge is -2.41. The van der Waals surface area contributed by atoms with E-state index in [0.717, 1.165) is 12.2 Å². The molecule has 1 spiro atoms. The number of thioether (sulfide) groups is 1. The van der Waals surface area contributed by atoms with Crippen molar-refractivity contribution in [1.82, 2.24) is 9.80 Å². The van der Waals surface area contributed by atoms with Gasteiger partial charge in [-0.05, 0) is 57.4 Å². The third kappa shape index (κ3) is 4.78. The van der Waals surface area contributed by atoms with E-state index in [0.29, 0.717) is 25.4 Å². The van der Waals surface area contributed by atoms with Crippen molar-refractivity contribution in [2.24, 2.45) is 17.8 Å². The molecule has 8 nitrogen and oxygen atoms in total. The van der Waals surface area contributed by atoms with Gasteiger partial charge in [-0.25, -0.2) is 0 Å². The van der Waals surface area contributed by atoms with E-state index in [1.807, 2.05) is 45.0 Å². The average molecular weight is 556 g/mol. The van der Waals surface area contributed by atoms with Gasteiger partial charge < -0.3 is 24.5 Å². The van der Waals surface area contributed by atoms with Crippen molar-refractivity contribution in [2.45, 2.75) is 56.2 Å². The van der Waals surface area contributed by atoms with Crippen LogP contribution in [0.4, 0.5) is 5.69 Å². The molecular formula is C30H41N3O5S. The predicted octanol–water partition coefficient (Wildman–Crippen LogP) is 3.36. The fraction of sp³-hybridized carbons (Fsp3) is 0.567. The van der Waals surface area contributed by atoms with Gasteiger partial charge in [0.25, 0.3) is 0 Å². The van der Waals surface area contributed by atoms with Crippen molar-refractivity contribution < 1.29 is 24.2 Å². The van der Waals surface area contributed by atoms with Crippen LogP contribution in [0, 0.1) is 17.8 Å². The highest BCUT2D eigenvalue weighted by atomic mass is 32.2. The monoisotopic (exact) mass is 555 g/mol. The second kappa shape index (κ2) is 11.8. The summed E-state index contributed by atoms with van der Waals surface area (Å²) < 4.78 is 4.83. The van der Waals surface area contributed by atoms with Crippen LogP contribution in [-0.4, -0.2) is 87.6 Å². The Morgan fingerprint density at radius 2 is 1.87 bits per heavy atom. The van der Waals surface area contributed by atoms with Crippen LogP contribution < -0.4 is 9.64 Å². The van der Waals surface area contributed by atoms with Crippen LogP contribution in [0.1, 0.15) is 34.1 Å². The first-order valence-electron chi connectivity index (χ1n) is 13.8. The van der Waals surface area contributed by atoms with Crippen LogP contribution in [0.5, 0.6) is 5.75 Å². The summed E-state index contributed by atoms with van der Waals surface area (Å²) in [5.41, 5.74) is 0.709. The number of rotatable bonds is 12. The Bertz CT molecular complexity index is 1110. The van der Waals surface area contributed by atoms with Gasteiger partial charge >= 0.3 is 0 Å². The van der Waals surface area contributed by atoms with E-state index in [1.165, 1.54) is 0 Å². The van der Waals surface area contributed by atoms with E-state index in [1.54, 1.807) is 38.6 Å². The highest BCUT2D eigenvalue weighted by Gasteiger charge is 2.76. The van der Waals surface area contributed by atoms with Crippen LogP contribution in [0.3, 0.4) is 0 Å². The molecule has 0 aromatic heterocycles. The fourth-order valence-electron chi connectivity index (χ4n) is 6.80. The van der Waals surface area contributed by atoms with Gasteiger partial charge in [0.15, 0.2) is 0 Å². The van der Waals surface area contributed by atoms with Gasteiger partial charge in [-0.2, -0.15) is 0 Å². The Kier molecular flexibility index (Phi) is 8.81. The Morgan fingerprint density at radius 1 is 1.21 bits per heavy atom. The Morgan fingerprint density at radius 3 is 2.44 bits per heavy atom. The lowest BCUT2D eigenvalue weighted by atomic mass is 9.65. The maximum Gasteiger partial charge on any atom is 0.247 e. The number of ether oxygens (including phenoxy) is 1. The molecule has 2 bridgehead atoms. The fourth-order valence-corrected chi connectivity index (χ4v) is 9.21. The minimum atomic E-state index is -0.745. The number of nitrogens with zero attached hydrogens (tertiary/aromatic N) is 3. The quantitative estimate of drug-likeness (QED) is 0.398. The summed E-state index contributed by atoms with van der Waals surface area (Å²) in [7, 11) is 0. The Labute approximate surface area is 236 Å². The smallest absolute Gasteiger partial charge is 0.247 e. The maximum atomic E-state index is 14.3. The third-order valence-corrected chi connectivity index (χ3v) is 10.5. The predicted molar refractivity (Wildman–Crippen MR) is 155 cm³/mol. The van der Waals surface area contributed by atoms with Crippen molar-refractivity contribution >= 4 is 35.2 Å². The van der Waals surface area contributed by atoms with Gasteiger partial charge in [0.2, 0.25) is 17.7 Å². The lowest BCUT2D eigenvalue weighted by molar-refractivity contribution is -0.144. The molecule has 212 valence electrons. The van der Waals surface area contributed by atoms with Crippen molar-refractivity contribution in [3.63, 3.8) is 0 Å². The number of fused-ring (bicyclic) bond motifs is 1. The van der Waals surface area contributed by atoms with Gasteiger partial charge in [0, 0.05) is 36.6 Å². The number of hydrogen-bond acceptors (Lipinski definition) is 6. The summed E-state index contributed by atoms with van der Waals surface area (Å²) >= 11 is 1.64. The van der Waals surface area contributed by atoms with Crippen molar-refractivity contribution in [1.29, 1.82) is 0 Å². The van der Waals surface area contributed by atoms with Gasteiger partial charge in [0.05, 0.1) is 29.8 Å². The van der Waals surface area contributed by atoms with Crippen molar-refractivity contribution in [2.75, 3.05) is 37.7 Å². The molecule has 1 N–H and O–H groups in total. The topological polar surface area (TPSA) is 90.4 Å². The van der Waals surface area contributed by atoms with E-state index < -0.39 is 22.6 Å². The van der Waals surface area contributed by atoms with E-state index in [-0.39, 0.29) is 48.1 Å². The number of carbonyl (C=O) groups excluding carboxylic acids is 3. The van der Waals surface area contributed by atoms with E-state index in [4.69, 9.17) is 4.74 Å². The number of anilines is 1. The van der Waals surface area contributed by atoms with E-state index in [2.05, 4.69) is 20.1 Å². The Hall–Kier alpha value is -2.78. The summed E-state index contributed by atoms with van der Waals surface area (Å²) in [6, 6.07) is 6.53. The number of benzene rings is 1. The van der Waals surface area contributed by atoms with Gasteiger partial charge in [0.1, 0.15) is 11.8 Å². The van der Waals surface area contributed by atoms with Crippen LogP contribution in [0.25, 0.3) is 0 Å². The molecule has 3 amide bonds. The zero-order valence-corrected chi connectivity index (χ0v) is 24.2. The molecule has 1 aromatic rings. The molecule has 9 heteroatoms. The molecule has 4 rings (SSSR count).